The van der Waals surface area contributed by atoms with Gasteiger partial charge in [-0.3, -0.25) is 0 Å². The van der Waals surface area contributed by atoms with Crippen LogP contribution in [0, 0.1) is 13.8 Å². The van der Waals surface area contributed by atoms with E-state index in [1.54, 1.807) is 6.92 Å². The minimum absolute atomic E-state index is 0.609. The van der Waals surface area contributed by atoms with Crippen LogP contribution in [0.4, 0.5) is 5.82 Å². The highest BCUT2D eigenvalue weighted by atomic mass is 35.5. The Morgan fingerprint density at radius 1 is 1.27 bits per heavy atom. The summed E-state index contributed by atoms with van der Waals surface area (Å²) in [5.41, 5.74) is 4.35. The summed E-state index contributed by atoms with van der Waals surface area (Å²) >= 11 is 6.07. The molecule has 0 aliphatic heterocycles. The zero-order valence-electron chi connectivity index (χ0n) is 8.50. The number of hydrazine groups is 1. The molecule has 78 valence electrons. The lowest BCUT2D eigenvalue weighted by molar-refractivity contribution is 1.08. The molecule has 1 heterocycles. The second-order valence-electron chi connectivity index (χ2n) is 3.35. The quantitative estimate of drug-likeness (QED) is 0.574. The molecule has 0 fully saturated rings. The molecule has 0 aliphatic rings. The van der Waals surface area contributed by atoms with E-state index in [4.69, 9.17) is 17.4 Å². The van der Waals surface area contributed by atoms with Crippen LogP contribution in [-0.2, 0) is 0 Å². The molecule has 15 heavy (non-hydrogen) atoms. The van der Waals surface area contributed by atoms with Gasteiger partial charge in [0.15, 0.2) is 5.82 Å². The van der Waals surface area contributed by atoms with Crippen LogP contribution in [0.2, 0.25) is 5.02 Å². The number of halogens is 1. The van der Waals surface area contributed by atoms with E-state index in [0.29, 0.717) is 16.7 Å². The summed E-state index contributed by atoms with van der Waals surface area (Å²) < 4.78 is 0. The van der Waals surface area contributed by atoms with Crippen molar-refractivity contribution in [3.8, 4) is 0 Å². The molecule has 0 amide bonds. The van der Waals surface area contributed by atoms with Crippen LogP contribution in [0.1, 0.15) is 11.4 Å². The van der Waals surface area contributed by atoms with Crippen molar-refractivity contribution in [2.75, 3.05) is 5.43 Å². The molecule has 0 atom stereocenters. The van der Waals surface area contributed by atoms with E-state index in [0.717, 1.165) is 16.5 Å². The van der Waals surface area contributed by atoms with Crippen molar-refractivity contribution >= 4 is 28.3 Å². The normalized spacial score (nSPS) is 10.7. The Kier molecular flexibility index (Phi) is 2.46. The topological polar surface area (TPSA) is 63.8 Å². The number of anilines is 1. The van der Waals surface area contributed by atoms with Crippen molar-refractivity contribution in [3.05, 3.63) is 28.5 Å². The summed E-state index contributed by atoms with van der Waals surface area (Å²) in [7, 11) is 0. The van der Waals surface area contributed by atoms with E-state index in [1.807, 2.05) is 19.1 Å². The number of nitrogen functional groups attached to an aromatic ring is 1. The Bertz CT molecular complexity index is 524. The fourth-order valence-electron chi connectivity index (χ4n) is 1.58. The molecule has 0 bridgehead atoms. The van der Waals surface area contributed by atoms with Crippen LogP contribution >= 0.6 is 11.6 Å². The molecule has 4 nitrogen and oxygen atoms in total. The van der Waals surface area contributed by atoms with Gasteiger partial charge in [0, 0.05) is 5.39 Å². The van der Waals surface area contributed by atoms with E-state index >= 15 is 0 Å². The fourth-order valence-corrected chi connectivity index (χ4v) is 1.78. The molecule has 0 radical (unpaired) electrons. The molecule has 0 saturated heterocycles. The lowest BCUT2D eigenvalue weighted by Gasteiger charge is -2.09. The molecular weight excluding hydrogens is 212 g/mol. The molecule has 2 rings (SSSR count). The number of nitrogens with one attached hydrogen (secondary N) is 1. The number of rotatable bonds is 1. The van der Waals surface area contributed by atoms with Crippen molar-refractivity contribution < 1.29 is 0 Å². The van der Waals surface area contributed by atoms with Gasteiger partial charge in [0.25, 0.3) is 0 Å². The zero-order valence-corrected chi connectivity index (χ0v) is 9.26. The first-order valence-corrected chi connectivity index (χ1v) is 4.91. The van der Waals surface area contributed by atoms with Gasteiger partial charge in [0.1, 0.15) is 5.82 Å². The number of benzene rings is 1. The second kappa shape index (κ2) is 3.64. The number of nitrogens with two attached hydrogens (primary N) is 1. The Morgan fingerprint density at radius 3 is 2.67 bits per heavy atom. The van der Waals surface area contributed by atoms with Crippen molar-refractivity contribution in [3.63, 3.8) is 0 Å². The standard InChI is InChI=1S/C10H11ClN4/c1-5-3-4-7(11)9-8(5)10(15-12)14-6(2)13-9/h3-4H,12H2,1-2H3,(H,13,14,15). The van der Waals surface area contributed by atoms with Crippen LogP contribution < -0.4 is 11.3 Å². The van der Waals surface area contributed by atoms with Gasteiger partial charge in [-0.2, -0.15) is 0 Å². The third-order valence-corrected chi connectivity index (χ3v) is 2.56. The van der Waals surface area contributed by atoms with Crippen molar-refractivity contribution in [2.24, 2.45) is 5.84 Å². The number of hydrogen-bond donors (Lipinski definition) is 2. The SMILES string of the molecule is Cc1nc(NN)c2c(C)ccc(Cl)c2n1. The van der Waals surface area contributed by atoms with Crippen LogP contribution in [-0.4, -0.2) is 9.97 Å². The number of aromatic nitrogens is 2. The van der Waals surface area contributed by atoms with E-state index in [9.17, 15) is 0 Å². The minimum Gasteiger partial charge on any atom is -0.308 e. The summed E-state index contributed by atoms with van der Waals surface area (Å²) in [4.78, 5) is 8.52. The Balaban J connectivity index is 2.95. The average Bonchev–Trinajstić information content (AvgIpc) is 2.22. The molecule has 0 saturated carbocycles. The zero-order chi connectivity index (χ0) is 11.0. The molecule has 3 N–H and O–H groups in total. The molecule has 1 aromatic heterocycles. The van der Waals surface area contributed by atoms with Gasteiger partial charge in [0.2, 0.25) is 0 Å². The van der Waals surface area contributed by atoms with E-state index in [2.05, 4.69) is 15.4 Å². The molecule has 0 aliphatic carbocycles. The summed E-state index contributed by atoms with van der Waals surface area (Å²) in [5, 5.41) is 1.48. The number of nitrogens with zero attached hydrogens (tertiary/aromatic N) is 2. The molecule has 0 spiro atoms. The minimum atomic E-state index is 0.609. The first-order chi connectivity index (χ1) is 7.13. The van der Waals surface area contributed by atoms with Gasteiger partial charge >= 0.3 is 0 Å². The van der Waals surface area contributed by atoms with Gasteiger partial charge < -0.3 is 5.43 Å². The molecular formula is C10H11ClN4. The lowest BCUT2D eigenvalue weighted by Crippen LogP contribution is -2.11. The number of hydrogen-bond acceptors (Lipinski definition) is 4. The molecule has 5 heteroatoms. The van der Waals surface area contributed by atoms with Gasteiger partial charge in [0.05, 0.1) is 10.5 Å². The fraction of sp³-hybridized carbons (Fsp3) is 0.200. The smallest absolute Gasteiger partial charge is 0.151 e. The van der Waals surface area contributed by atoms with Crippen LogP contribution in [0.5, 0.6) is 0 Å². The summed E-state index contributed by atoms with van der Waals surface area (Å²) in [6.07, 6.45) is 0. The number of aryl methyl sites for hydroxylation is 2. The van der Waals surface area contributed by atoms with E-state index < -0.39 is 0 Å². The van der Waals surface area contributed by atoms with Crippen LogP contribution in [0.3, 0.4) is 0 Å². The third kappa shape index (κ3) is 1.62. The molecule has 1 aromatic carbocycles. The third-order valence-electron chi connectivity index (χ3n) is 2.26. The second-order valence-corrected chi connectivity index (χ2v) is 3.76. The maximum absolute atomic E-state index is 6.07. The lowest BCUT2D eigenvalue weighted by atomic mass is 10.1. The largest absolute Gasteiger partial charge is 0.308 e. The van der Waals surface area contributed by atoms with Gasteiger partial charge in [-0.15, -0.1) is 0 Å². The number of fused-ring (bicyclic) bond motifs is 1. The highest BCUT2D eigenvalue weighted by molar-refractivity contribution is 6.35. The van der Waals surface area contributed by atoms with Crippen molar-refractivity contribution in [1.29, 1.82) is 0 Å². The maximum Gasteiger partial charge on any atom is 0.151 e. The van der Waals surface area contributed by atoms with Gasteiger partial charge in [-0.1, -0.05) is 17.7 Å². The van der Waals surface area contributed by atoms with E-state index in [-0.39, 0.29) is 0 Å². The van der Waals surface area contributed by atoms with E-state index in [1.165, 1.54) is 0 Å². The van der Waals surface area contributed by atoms with Crippen molar-refractivity contribution in [2.45, 2.75) is 13.8 Å². The first kappa shape index (κ1) is 10.1. The summed E-state index contributed by atoms with van der Waals surface area (Å²) in [5.74, 6) is 6.67. The molecule has 0 unspecified atom stereocenters. The predicted molar refractivity (Wildman–Crippen MR) is 61.8 cm³/mol. The molecule has 2 aromatic rings. The highest BCUT2D eigenvalue weighted by Gasteiger charge is 2.09. The average molecular weight is 223 g/mol. The van der Waals surface area contributed by atoms with Crippen LogP contribution in [0.15, 0.2) is 12.1 Å². The maximum atomic E-state index is 6.07. The monoisotopic (exact) mass is 222 g/mol. The van der Waals surface area contributed by atoms with Gasteiger partial charge in [-0.25, -0.2) is 15.8 Å². The summed E-state index contributed by atoms with van der Waals surface area (Å²) in [6, 6.07) is 3.75. The Hall–Kier alpha value is -1.39. The highest BCUT2D eigenvalue weighted by Crippen LogP contribution is 2.28. The Morgan fingerprint density at radius 2 is 2.00 bits per heavy atom. The first-order valence-electron chi connectivity index (χ1n) is 4.53. The predicted octanol–water partition coefficient (Wildman–Crippen LogP) is 2.19. The van der Waals surface area contributed by atoms with Crippen LogP contribution in [0.25, 0.3) is 10.9 Å². The Labute approximate surface area is 92.4 Å². The summed E-state index contributed by atoms with van der Waals surface area (Å²) in [6.45, 7) is 3.77. The van der Waals surface area contributed by atoms with Crippen molar-refractivity contribution in [1.82, 2.24) is 9.97 Å². The van der Waals surface area contributed by atoms with Gasteiger partial charge in [-0.05, 0) is 25.5 Å².